The van der Waals surface area contributed by atoms with Crippen LogP contribution in [-0.4, -0.2) is 0 Å². The van der Waals surface area contributed by atoms with Gasteiger partial charge in [-0.05, 0) is 89.6 Å². The highest BCUT2D eigenvalue weighted by Crippen LogP contribution is 2.53. The Bertz CT molecular complexity index is 1720. The molecule has 0 atom stereocenters. The van der Waals surface area contributed by atoms with Crippen molar-refractivity contribution in [2.75, 3.05) is 0 Å². The molecule has 1 aliphatic carbocycles. The monoisotopic (exact) mass is 498 g/mol. The molecular formula is C38H42. The number of benzene rings is 6. The van der Waals surface area contributed by atoms with Crippen LogP contribution in [0.2, 0.25) is 0 Å². The number of fused-ring (bicyclic) bond motifs is 9. The van der Waals surface area contributed by atoms with E-state index in [2.05, 4.69) is 125 Å². The van der Waals surface area contributed by atoms with Gasteiger partial charge in [-0.1, -0.05) is 135 Å². The summed E-state index contributed by atoms with van der Waals surface area (Å²) in [5, 5.41) is 10.6. The van der Waals surface area contributed by atoms with E-state index >= 15 is 0 Å². The Morgan fingerprint density at radius 2 is 1.00 bits per heavy atom. The van der Waals surface area contributed by atoms with Crippen LogP contribution in [-0.2, 0) is 5.41 Å². The molecule has 0 N–H and O–H groups in total. The van der Waals surface area contributed by atoms with Gasteiger partial charge in [-0.3, -0.25) is 0 Å². The van der Waals surface area contributed by atoms with Crippen molar-refractivity contribution in [2.24, 2.45) is 0 Å². The first-order chi connectivity index (χ1) is 18.5. The largest absolute Gasteiger partial charge is 0.0683 e. The van der Waals surface area contributed by atoms with Crippen LogP contribution in [0.15, 0.2) is 97.1 Å². The van der Waals surface area contributed by atoms with Crippen molar-refractivity contribution in [3.63, 3.8) is 0 Å². The van der Waals surface area contributed by atoms with Crippen LogP contribution >= 0.6 is 0 Å². The molecule has 0 spiro atoms. The standard InChI is InChI=1S/C31H22.C3H8.2C2H6/c1-31(2)29-18-23-16-21-9-4-3-8-20(21)15-22(23)17-28(29)27-14-13-25-24-10-6-5-7-19(24)11-12-26(25)30(27)31;1-3-2;2*1-2/h3-18H,1-2H3;3H2,1-2H3;2*1-2H3. The second-order valence-electron chi connectivity index (χ2n) is 10.1. The molecule has 0 bridgehead atoms. The van der Waals surface area contributed by atoms with Gasteiger partial charge in [-0.25, -0.2) is 0 Å². The van der Waals surface area contributed by atoms with Crippen LogP contribution in [0.3, 0.4) is 0 Å². The predicted molar refractivity (Wildman–Crippen MR) is 173 cm³/mol. The van der Waals surface area contributed by atoms with Crippen molar-refractivity contribution in [1.29, 1.82) is 0 Å². The van der Waals surface area contributed by atoms with Crippen molar-refractivity contribution in [1.82, 2.24) is 0 Å². The molecule has 0 fully saturated rings. The van der Waals surface area contributed by atoms with E-state index in [9.17, 15) is 0 Å². The third-order valence-electron chi connectivity index (χ3n) is 7.36. The maximum atomic E-state index is 2.43. The van der Waals surface area contributed by atoms with Gasteiger partial charge in [0, 0.05) is 5.41 Å². The molecule has 0 unspecified atom stereocenters. The first-order valence-electron chi connectivity index (χ1n) is 14.4. The molecule has 6 aromatic rings. The number of hydrogen-bond acceptors (Lipinski definition) is 0. The van der Waals surface area contributed by atoms with Gasteiger partial charge in [0.1, 0.15) is 0 Å². The third kappa shape index (κ3) is 4.47. The summed E-state index contributed by atoms with van der Waals surface area (Å²) in [6, 6.07) is 36.2. The molecule has 0 saturated heterocycles. The maximum Gasteiger partial charge on any atom is 0.0165 e. The molecule has 0 aliphatic heterocycles. The van der Waals surface area contributed by atoms with Crippen molar-refractivity contribution >= 4 is 43.1 Å². The van der Waals surface area contributed by atoms with Gasteiger partial charge in [-0.2, -0.15) is 0 Å². The fourth-order valence-corrected chi connectivity index (χ4v) is 5.85. The minimum absolute atomic E-state index is 0.0352. The number of hydrogen-bond donors (Lipinski definition) is 0. The highest BCUT2D eigenvalue weighted by atomic mass is 14.4. The molecular weight excluding hydrogens is 456 g/mol. The van der Waals surface area contributed by atoms with Crippen LogP contribution in [0.25, 0.3) is 54.2 Å². The zero-order valence-corrected chi connectivity index (χ0v) is 24.4. The SMILES string of the molecule is CC.CC.CC1(C)c2cc3cc4ccccc4cc3cc2-c2ccc3c(ccc4ccccc43)c21.CCC. The van der Waals surface area contributed by atoms with E-state index < -0.39 is 0 Å². The van der Waals surface area contributed by atoms with Gasteiger partial charge in [-0.15, -0.1) is 0 Å². The Balaban J connectivity index is 0.000000443. The van der Waals surface area contributed by atoms with Crippen LogP contribution in [0.5, 0.6) is 0 Å². The summed E-state index contributed by atoms with van der Waals surface area (Å²) in [6.07, 6.45) is 1.25. The molecule has 0 saturated carbocycles. The molecule has 0 aromatic heterocycles. The summed E-state index contributed by atoms with van der Waals surface area (Å²) >= 11 is 0. The van der Waals surface area contributed by atoms with E-state index in [4.69, 9.17) is 0 Å². The second kappa shape index (κ2) is 11.4. The van der Waals surface area contributed by atoms with Crippen LogP contribution < -0.4 is 0 Å². The van der Waals surface area contributed by atoms with Gasteiger partial charge in [0.25, 0.3) is 0 Å². The fourth-order valence-electron chi connectivity index (χ4n) is 5.85. The molecule has 38 heavy (non-hydrogen) atoms. The van der Waals surface area contributed by atoms with E-state index in [0.29, 0.717) is 0 Å². The van der Waals surface area contributed by atoms with E-state index in [-0.39, 0.29) is 5.41 Å². The average molecular weight is 499 g/mol. The topological polar surface area (TPSA) is 0 Å². The first kappa shape index (κ1) is 27.4. The van der Waals surface area contributed by atoms with Crippen molar-refractivity contribution in [2.45, 2.75) is 67.2 Å². The van der Waals surface area contributed by atoms with Gasteiger partial charge in [0.2, 0.25) is 0 Å². The highest BCUT2D eigenvalue weighted by molar-refractivity contribution is 6.12. The summed E-state index contributed by atoms with van der Waals surface area (Å²) < 4.78 is 0. The van der Waals surface area contributed by atoms with Gasteiger partial charge < -0.3 is 0 Å². The van der Waals surface area contributed by atoms with Gasteiger partial charge >= 0.3 is 0 Å². The summed E-state index contributed by atoms with van der Waals surface area (Å²) in [7, 11) is 0. The lowest BCUT2D eigenvalue weighted by Crippen LogP contribution is -2.15. The summed E-state index contributed by atoms with van der Waals surface area (Å²) in [5.74, 6) is 0. The molecule has 1 aliphatic rings. The van der Waals surface area contributed by atoms with Crippen molar-refractivity contribution < 1.29 is 0 Å². The maximum absolute atomic E-state index is 2.43. The zero-order valence-electron chi connectivity index (χ0n) is 24.4. The quantitative estimate of drug-likeness (QED) is 0.144. The Hall–Kier alpha value is -3.64. The van der Waals surface area contributed by atoms with E-state index in [0.717, 1.165) is 0 Å². The predicted octanol–water partition coefficient (Wildman–Crippen LogP) is 12.1. The highest BCUT2D eigenvalue weighted by Gasteiger charge is 2.37. The lowest BCUT2D eigenvalue weighted by Gasteiger charge is -2.24. The lowest BCUT2D eigenvalue weighted by atomic mass is 9.79. The van der Waals surface area contributed by atoms with Crippen LogP contribution in [0.1, 0.15) is 72.9 Å². The second-order valence-corrected chi connectivity index (χ2v) is 10.1. The minimum atomic E-state index is -0.0352. The molecule has 6 aromatic carbocycles. The Labute approximate surface area is 229 Å². The Morgan fingerprint density at radius 3 is 1.63 bits per heavy atom. The average Bonchev–Trinajstić information content (AvgIpc) is 3.19. The summed E-state index contributed by atoms with van der Waals surface area (Å²) in [4.78, 5) is 0. The van der Waals surface area contributed by atoms with E-state index in [1.54, 1.807) is 0 Å². The van der Waals surface area contributed by atoms with Gasteiger partial charge in [0.15, 0.2) is 0 Å². The van der Waals surface area contributed by atoms with Crippen molar-refractivity contribution in [3.8, 4) is 11.1 Å². The Kier molecular flexibility index (Phi) is 8.22. The van der Waals surface area contributed by atoms with Crippen molar-refractivity contribution in [3.05, 3.63) is 108 Å². The fraction of sp³-hybridized carbons (Fsp3) is 0.263. The normalized spacial score (nSPS) is 12.5. The summed E-state index contributed by atoms with van der Waals surface area (Å²) in [6.45, 7) is 17.0. The Morgan fingerprint density at radius 1 is 0.474 bits per heavy atom. The third-order valence-corrected chi connectivity index (χ3v) is 7.36. The van der Waals surface area contributed by atoms with E-state index in [1.165, 1.54) is 71.8 Å². The lowest BCUT2D eigenvalue weighted by molar-refractivity contribution is 0.667. The number of rotatable bonds is 0. The minimum Gasteiger partial charge on any atom is -0.0683 e. The molecule has 0 nitrogen and oxygen atoms in total. The summed E-state index contributed by atoms with van der Waals surface area (Å²) in [5.41, 5.74) is 5.64. The molecule has 0 amide bonds. The molecule has 7 rings (SSSR count). The van der Waals surface area contributed by atoms with E-state index in [1.807, 2.05) is 27.7 Å². The molecule has 0 heteroatoms. The molecule has 0 radical (unpaired) electrons. The van der Waals surface area contributed by atoms with Crippen LogP contribution in [0, 0.1) is 0 Å². The van der Waals surface area contributed by atoms with Crippen LogP contribution in [0.4, 0.5) is 0 Å². The first-order valence-corrected chi connectivity index (χ1v) is 14.4. The molecule has 194 valence electrons. The molecule has 0 heterocycles. The van der Waals surface area contributed by atoms with Gasteiger partial charge in [0.05, 0.1) is 0 Å². The zero-order chi connectivity index (χ0) is 27.4. The smallest absolute Gasteiger partial charge is 0.0165 e.